The van der Waals surface area contributed by atoms with Gasteiger partial charge in [0.05, 0.1) is 75.3 Å². The van der Waals surface area contributed by atoms with Crippen LogP contribution in [0.3, 0.4) is 0 Å². The van der Waals surface area contributed by atoms with Crippen LogP contribution in [0.15, 0.2) is 49.6 Å². The maximum absolute atomic E-state index is 11.3. The first-order valence-electron chi connectivity index (χ1n) is 21.9. The number of esters is 6. The minimum Gasteiger partial charge on any atom is -0.463 e. The van der Waals surface area contributed by atoms with Gasteiger partial charge in [0.2, 0.25) is 0 Å². The molecule has 4 aliphatic carbocycles. The predicted octanol–water partition coefficient (Wildman–Crippen LogP) is 6.27. The van der Waals surface area contributed by atoms with E-state index < -0.39 is 23.9 Å². The van der Waals surface area contributed by atoms with Gasteiger partial charge in [-0.3, -0.25) is 0 Å². The van der Waals surface area contributed by atoms with Crippen LogP contribution in [-0.4, -0.2) is 124 Å². The van der Waals surface area contributed by atoms with Gasteiger partial charge in [-0.2, -0.15) is 0 Å². The number of hydrogen-bond acceptors (Lipinski definition) is 16. The Hall–Kier alpha value is -4.38. The molecule has 12 unspecified atom stereocenters. The summed E-state index contributed by atoms with van der Waals surface area (Å²) in [6, 6.07) is 0. The Morgan fingerprint density at radius 1 is 0.438 bits per heavy atom. The molecular formula is C48H72O16. The molecule has 0 N–H and O–H groups in total. The Balaban J connectivity index is 0.000000226. The van der Waals surface area contributed by atoms with Crippen LogP contribution in [0, 0.1) is 23.7 Å². The van der Waals surface area contributed by atoms with Crippen molar-refractivity contribution in [3.8, 4) is 0 Å². The van der Waals surface area contributed by atoms with E-state index >= 15 is 0 Å². The van der Waals surface area contributed by atoms with Gasteiger partial charge in [-0.15, -0.1) is 0 Å². The Morgan fingerprint density at radius 3 is 1.06 bits per heavy atom. The molecule has 0 aromatic carbocycles. The van der Waals surface area contributed by atoms with E-state index in [0.29, 0.717) is 105 Å². The van der Waals surface area contributed by atoms with E-state index in [4.69, 9.17) is 42.6 Å². The van der Waals surface area contributed by atoms with Gasteiger partial charge in [-0.1, -0.05) is 41.2 Å². The van der Waals surface area contributed by atoms with Crippen molar-refractivity contribution in [3.05, 3.63) is 49.6 Å². The second-order valence-electron chi connectivity index (χ2n) is 17.3. The van der Waals surface area contributed by atoms with Crippen molar-refractivity contribution < 1.29 is 76.1 Å². The molecule has 16 nitrogen and oxygen atoms in total. The van der Waals surface area contributed by atoms with Gasteiger partial charge in [-0.05, 0) is 115 Å². The molecule has 4 saturated carbocycles. The smallest absolute Gasteiger partial charge is 0.344 e. The van der Waals surface area contributed by atoms with Gasteiger partial charge in [0.15, 0.2) is 13.2 Å². The molecular weight excluding hydrogens is 833 g/mol. The lowest BCUT2D eigenvalue weighted by Crippen LogP contribution is -2.23. The van der Waals surface area contributed by atoms with Crippen molar-refractivity contribution in [2.24, 2.45) is 23.7 Å². The highest BCUT2D eigenvalue weighted by Gasteiger charge is 2.46. The zero-order valence-corrected chi connectivity index (χ0v) is 36.2. The van der Waals surface area contributed by atoms with E-state index in [-0.39, 0.29) is 45.6 Å². The van der Waals surface area contributed by atoms with Gasteiger partial charge < -0.3 is 47.4 Å². The van der Waals surface area contributed by atoms with Crippen LogP contribution in [0.1, 0.15) is 106 Å². The number of carbonyl (C=O) groups excluding carboxylic acids is 6. The van der Waals surface area contributed by atoms with Crippen molar-refractivity contribution in [2.75, 3.05) is 39.6 Å². The number of fused-ring (bicyclic) bond motifs is 4. The fourth-order valence-corrected chi connectivity index (χ4v) is 8.07. The zero-order chi connectivity index (χ0) is 44.8. The van der Waals surface area contributed by atoms with E-state index in [1.165, 1.54) is 13.0 Å². The third-order valence-electron chi connectivity index (χ3n) is 12.0. The normalized spacial score (nSPS) is 31.0. The quantitative estimate of drug-likeness (QED) is 0.0724. The maximum atomic E-state index is 11.3. The highest BCUT2D eigenvalue weighted by atomic mass is 16.6. The first-order chi connectivity index (χ1) is 29.7. The van der Waals surface area contributed by atoms with E-state index in [1.807, 2.05) is 0 Å². The first kappa shape index (κ1) is 54.0. The number of carbonyl (C=O) groups is 6. The number of hydrogen-bond donors (Lipinski definition) is 0. The molecule has 4 aliphatic heterocycles. The number of ether oxygens (including phenoxy) is 10. The fraction of sp³-hybridized carbons (Fsp3) is 0.708. The maximum Gasteiger partial charge on any atom is 0.344 e. The monoisotopic (exact) mass is 904 g/mol. The summed E-state index contributed by atoms with van der Waals surface area (Å²) in [5.74, 6) is -1.08. The average molecular weight is 905 g/mol. The number of epoxide rings is 4. The van der Waals surface area contributed by atoms with E-state index in [2.05, 4.69) is 31.1 Å². The third-order valence-corrected chi connectivity index (χ3v) is 12.0. The van der Waals surface area contributed by atoms with Crippen LogP contribution in [0.2, 0.25) is 0 Å². The van der Waals surface area contributed by atoms with Crippen molar-refractivity contribution in [2.45, 2.75) is 155 Å². The Labute approximate surface area is 378 Å². The van der Waals surface area contributed by atoms with Gasteiger partial charge >= 0.3 is 35.8 Å². The molecule has 0 bridgehead atoms. The molecule has 0 spiro atoms. The van der Waals surface area contributed by atoms with Crippen molar-refractivity contribution in [1.29, 1.82) is 0 Å². The van der Waals surface area contributed by atoms with Gasteiger partial charge in [-0.25, -0.2) is 28.8 Å². The lowest BCUT2D eigenvalue weighted by molar-refractivity contribution is -0.157. The Bertz CT molecular complexity index is 1640. The van der Waals surface area contributed by atoms with Crippen LogP contribution in [-0.2, 0) is 76.1 Å². The molecule has 8 fully saturated rings. The zero-order valence-electron chi connectivity index (χ0n) is 36.2. The lowest BCUT2D eigenvalue weighted by atomic mass is 9.90. The van der Waals surface area contributed by atoms with Crippen LogP contribution in [0.4, 0.5) is 0 Å². The first-order valence-corrected chi connectivity index (χ1v) is 21.9. The van der Waals surface area contributed by atoms with E-state index in [1.54, 1.807) is 6.92 Å². The summed E-state index contributed by atoms with van der Waals surface area (Å²) in [7, 11) is 0. The Kier molecular flexibility index (Phi) is 22.4. The molecule has 12 atom stereocenters. The minimum atomic E-state index is -0.617. The highest BCUT2D eigenvalue weighted by Crippen LogP contribution is 2.42. The molecule has 4 saturated heterocycles. The molecule has 0 amide bonds. The van der Waals surface area contributed by atoms with Crippen LogP contribution < -0.4 is 0 Å². The minimum absolute atomic E-state index is 0. The molecule has 8 rings (SSSR count). The molecule has 16 heteroatoms. The summed E-state index contributed by atoms with van der Waals surface area (Å²) >= 11 is 0. The summed E-state index contributed by atoms with van der Waals surface area (Å²) in [5.41, 5.74) is 0.744. The van der Waals surface area contributed by atoms with Gasteiger partial charge in [0, 0.05) is 23.3 Å². The molecule has 64 heavy (non-hydrogen) atoms. The summed E-state index contributed by atoms with van der Waals surface area (Å²) < 4.78 is 51.1. The van der Waals surface area contributed by atoms with Crippen molar-refractivity contribution in [3.63, 3.8) is 0 Å². The van der Waals surface area contributed by atoms with Gasteiger partial charge in [0.25, 0.3) is 0 Å². The van der Waals surface area contributed by atoms with Crippen LogP contribution in [0.5, 0.6) is 0 Å². The summed E-state index contributed by atoms with van der Waals surface area (Å²) in [4.78, 5) is 66.2. The molecule has 0 aromatic heterocycles. The van der Waals surface area contributed by atoms with Crippen LogP contribution in [0.25, 0.3) is 0 Å². The average Bonchev–Trinajstić information content (AvgIpc) is 4.07. The van der Waals surface area contributed by atoms with E-state index in [0.717, 1.165) is 83.1 Å². The second kappa shape index (κ2) is 26.5. The standard InChI is InChI=1S/C13H18O5.C12H16O5.C11H16O3.C10H14O3.2CH4/c1-8(2)13(15)17-7-12(14)16-6-9-3-4-10-11(5-9)18-10;1-2-11(13)16-7-12(14)15-6-8-3-4-9-10(5-8)17-9;1-7(2)11(12)13-6-8-3-4-9-10(5-8)14-9;1-2-10(11)12-6-7-3-4-8-9(5-7)13-8;;/h9-11H,1,3-7H2,2H3;2,8-10H,1,3-7H2;8-10H,1,3-6H2,2H3;2,7-9H,1,3-6H2;2*1H4. The van der Waals surface area contributed by atoms with Crippen LogP contribution >= 0.6 is 0 Å². The van der Waals surface area contributed by atoms with Gasteiger partial charge in [0.1, 0.15) is 0 Å². The largest absolute Gasteiger partial charge is 0.463 e. The molecule has 360 valence electrons. The lowest BCUT2D eigenvalue weighted by Gasteiger charge is -2.18. The van der Waals surface area contributed by atoms with E-state index in [9.17, 15) is 28.8 Å². The summed E-state index contributed by atoms with van der Waals surface area (Å²) in [6.45, 7) is 17.9. The van der Waals surface area contributed by atoms with Crippen molar-refractivity contribution >= 4 is 35.8 Å². The SMILES string of the molecule is C.C.C=C(C)C(=O)OCC(=O)OCC1CCC2OC2C1.C=C(C)C(=O)OCC1CCC2OC2C1.C=CC(=O)OCC(=O)OCC1CCC2OC2C1.C=CC(=O)OCC1CCC2OC2C1. The summed E-state index contributed by atoms with van der Waals surface area (Å²) in [6.07, 6.45) is 18.5. The molecule has 4 heterocycles. The summed E-state index contributed by atoms with van der Waals surface area (Å²) in [5, 5.41) is 0. The molecule has 0 aromatic rings. The van der Waals surface area contributed by atoms with Crippen molar-refractivity contribution in [1.82, 2.24) is 0 Å². The number of rotatable bonds is 16. The second-order valence-corrected chi connectivity index (χ2v) is 17.3. The third kappa shape index (κ3) is 19.4. The predicted molar refractivity (Wildman–Crippen MR) is 233 cm³/mol. The molecule has 8 aliphatic rings. The molecule has 0 radical (unpaired) electrons. The highest BCUT2D eigenvalue weighted by molar-refractivity contribution is 5.88. The Morgan fingerprint density at radius 2 is 0.734 bits per heavy atom. The fourth-order valence-electron chi connectivity index (χ4n) is 8.07. The topological polar surface area (TPSA) is 208 Å².